The van der Waals surface area contributed by atoms with Gasteiger partial charge in [-0.25, -0.2) is 4.39 Å². The summed E-state index contributed by atoms with van der Waals surface area (Å²) in [6.07, 6.45) is 0.0851. The number of aryl methyl sites for hydroxylation is 1. The molecule has 0 aliphatic heterocycles. The van der Waals surface area contributed by atoms with E-state index in [0.29, 0.717) is 0 Å². The van der Waals surface area contributed by atoms with E-state index in [4.69, 9.17) is 0 Å². The lowest BCUT2D eigenvalue weighted by atomic mass is 10.2. The van der Waals surface area contributed by atoms with E-state index >= 15 is 0 Å². The molecule has 0 saturated heterocycles. The molecule has 2 rings (SSSR count). The normalized spacial score (nSPS) is 10.2. The van der Waals surface area contributed by atoms with Crippen molar-refractivity contribution >= 4 is 23.2 Å². The zero-order valence-electron chi connectivity index (χ0n) is 13.2. The second-order valence-corrected chi connectivity index (χ2v) is 5.28. The van der Waals surface area contributed by atoms with E-state index in [0.717, 1.165) is 11.3 Å². The molecule has 0 aliphatic rings. The molecule has 5 heteroatoms. The third-order valence-electron chi connectivity index (χ3n) is 3.44. The van der Waals surface area contributed by atoms with E-state index in [1.807, 2.05) is 31.2 Å². The SMILES string of the molecule is CC(=O)N(CCC(=O)Nc1ccccc1F)c1ccc(C)cc1. The van der Waals surface area contributed by atoms with E-state index in [1.54, 1.807) is 12.1 Å². The van der Waals surface area contributed by atoms with Crippen LogP contribution in [0.4, 0.5) is 15.8 Å². The minimum atomic E-state index is -0.484. The first kappa shape index (κ1) is 16.7. The highest BCUT2D eigenvalue weighted by Gasteiger charge is 2.14. The Labute approximate surface area is 134 Å². The van der Waals surface area contributed by atoms with Crippen LogP contribution in [0.15, 0.2) is 48.5 Å². The van der Waals surface area contributed by atoms with Gasteiger partial charge in [0, 0.05) is 25.6 Å². The zero-order chi connectivity index (χ0) is 16.8. The van der Waals surface area contributed by atoms with Crippen LogP contribution in [0.1, 0.15) is 18.9 Å². The number of rotatable bonds is 5. The third-order valence-corrected chi connectivity index (χ3v) is 3.44. The number of hydrogen-bond donors (Lipinski definition) is 1. The molecule has 1 N–H and O–H groups in total. The van der Waals surface area contributed by atoms with Gasteiger partial charge in [0.05, 0.1) is 5.69 Å². The summed E-state index contributed by atoms with van der Waals surface area (Å²) in [6.45, 7) is 3.65. The molecule has 0 bridgehead atoms. The van der Waals surface area contributed by atoms with Crippen LogP contribution in [0.25, 0.3) is 0 Å². The topological polar surface area (TPSA) is 49.4 Å². The van der Waals surface area contributed by atoms with Crippen LogP contribution in [-0.4, -0.2) is 18.4 Å². The summed E-state index contributed by atoms with van der Waals surface area (Å²) in [6, 6.07) is 13.5. The van der Waals surface area contributed by atoms with Crippen molar-refractivity contribution in [3.63, 3.8) is 0 Å². The Morgan fingerprint density at radius 3 is 2.35 bits per heavy atom. The number of carbonyl (C=O) groups excluding carboxylic acids is 2. The van der Waals surface area contributed by atoms with Crippen LogP contribution in [0.5, 0.6) is 0 Å². The van der Waals surface area contributed by atoms with Gasteiger partial charge in [-0.3, -0.25) is 9.59 Å². The number of anilines is 2. The summed E-state index contributed by atoms with van der Waals surface area (Å²) < 4.78 is 13.5. The predicted octanol–water partition coefficient (Wildman–Crippen LogP) is 3.52. The second kappa shape index (κ2) is 7.54. The molecule has 2 aromatic rings. The molecule has 0 atom stereocenters. The summed E-state index contributed by atoms with van der Waals surface area (Å²) in [5.41, 5.74) is 1.97. The maximum atomic E-state index is 13.5. The summed E-state index contributed by atoms with van der Waals surface area (Å²) in [4.78, 5) is 25.3. The molecule has 0 aliphatic carbocycles. The molecule has 2 amide bonds. The van der Waals surface area contributed by atoms with Crippen molar-refractivity contribution < 1.29 is 14.0 Å². The fraction of sp³-hybridized carbons (Fsp3) is 0.222. The fourth-order valence-electron chi connectivity index (χ4n) is 2.18. The molecule has 0 aromatic heterocycles. The number of benzene rings is 2. The van der Waals surface area contributed by atoms with Crippen molar-refractivity contribution in [2.75, 3.05) is 16.8 Å². The Morgan fingerprint density at radius 1 is 1.09 bits per heavy atom. The molecular weight excluding hydrogens is 295 g/mol. The van der Waals surface area contributed by atoms with Crippen molar-refractivity contribution in [1.82, 2.24) is 0 Å². The Balaban J connectivity index is 1.99. The van der Waals surface area contributed by atoms with Gasteiger partial charge in [0.15, 0.2) is 0 Å². The minimum Gasteiger partial charge on any atom is -0.324 e. The van der Waals surface area contributed by atoms with Crippen LogP contribution < -0.4 is 10.2 Å². The maximum Gasteiger partial charge on any atom is 0.226 e. The number of halogens is 1. The van der Waals surface area contributed by atoms with E-state index in [2.05, 4.69) is 5.32 Å². The first-order chi connectivity index (χ1) is 11.0. The summed E-state index contributed by atoms with van der Waals surface area (Å²) >= 11 is 0. The number of hydrogen-bond acceptors (Lipinski definition) is 2. The van der Waals surface area contributed by atoms with Crippen LogP contribution >= 0.6 is 0 Å². The number of nitrogens with one attached hydrogen (secondary N) is 1. The maximum absolute atomic E-state index is 13.5. The first-order valence-corrected chi connectivity index (χ1v) is 7.36. The van der Waals surface area contributed by atoms with Crippen molar-refractivity contribution in [2.45, 2.75) is 20.3 Å². The number of nitrogens with zero attached hydrogens (tertiary/aromatic N) is 1. The molecule has 23 heavy (non-hydrogen) atoms. The summed E-state index contributed by atoms with van der Waals surface area (Å²) in [5.74, 6) is -0.969. The minimum absolute atomic E-state index is 0.0851. The lowest BCUT2D eigenvalue weighted by Crippen LogP contribution is -2.32. The van der Waals surface area contributed by atoms with E-state index in [1.165, 1.54) is 24.0 Å². The lowest BCUT2D eigenvalue weighted by Gasteiger charge is -2.21. The molecule has 120 valence electrons. The van der Waals surface area contributed by atoms with Gasteiger partial charge in [-0.2, -0.15) is 0 Å². The van der Waals surface area contributed by atoms with Gasteiger partial charge >= 0.3 is 0 Å². The summed E-state index contributed by atoms with van der Waals surface area (Å²) in [7, 11) is 0. The van der Waals surface area contributed by atoms with Gasteiger partial charge in [0.1, 0.15) is 5.82 Å². The molecule has 0 fully saturated rings. The third kappa shape index (κ3) is 4.64. The average molecular weight is 314 g/mol. The van der Waals surface area contributed by atoms with Crippen molar-refractivity contribution in [3.8, 4) is 0 Å². The first-order valence-electron chi connectivity index (χ1n) is 7.36. The van der Waals surface area contributed by atoms with Crippen molar-refractivity contribution in [2.24, 2.45) is 0 Å². The Morgan fingerprint density at radius 2 is 1.74 bits per heavy atom. The van der Waals surface area contributed by atoms with E-state index in [9.17, 15) is 14.0 Å². The highest BCUT2D eigenvalue weighted by atomic mass is 19.1. The molecule has 2 aromatic carbocycles. The Kier molecular flexibility index (Phi) is 5.46. The highest BCUT2D eigenvalue weighted by molar-refractivity contribution is 5.94. The molecule has 0 saturated carbocycles. The number of carbonyl (C=O) groups is 2. The van der Waals surface area contributed by atoms with Gasteiger partial charge in [0.2, 0.25) is 11.8 Å². The summed E-state index contributed by atoms with van der Waals surface area (Å²) in [5, 5.41) is 2.51. The largest absolute Gasteiger partial charge is 0.324 e. The fourth-order valence-corrected chi connectivity index (χ4v) is 2.18. The van der Waals surface area contributed by atoms with Crippen molar-refractivity contribution in [1.29, 1.82) is 0 Å². The van der Waals surface area contributed by atoms with Gasteiger partial charge in [-0.05, 0) is 31.2 Å². The van der Waals surface area contributed by atoms with E-state index < -0.39 is 5.82 Å². The quantitative estimate of drug-likeness (QED) is 0.918. The smallest absolute Gasteiger partial charge is 0.226 e. The molecule has 0 unspecified atom stereocenters. The highest BCUT2D eigenvalue weighted by Crippen LogP contribution is 2.17. The van der Waals surface area contributed by atoms with Crippen LogP contribution in [-0.2, 0) is 9.59 Å². The standard InChI is InChI=1S/C18H19FN2O2/c1-13-7-9-15(10-8-13)21(14(2)22)12-11-18(23)20-17-6-4-3-5-16(17)19/h3-10H,11-12H2,1-2H3,(H,20,23). The van der Waals surface area contributed by atoms with E-state index in [-0.39, 0.29) is 30.5 Å². The molecule has 0 spiro atoms. The zero-order valence-corrected chi connectivity index (χ0v) is 13.2. The van der Waals surface area contributed by atoms with Gasteiger partial charge in [-0.15, -0.1) is 0 Å². The van der Waals surface area contributed by atoms with Gasteiger partial charge < -0.3 is 10.2 Å². The lowest BCUT2D eigenvalue weighted by molar-refractivity contribution is -0.117. The van der Waals surface area contributed by atoms with Crippen molar-refractivity contribution in [3.05, 3.63) is 59.9 Å². The Hall–Kier alpha value is -2.69. The monoisotopic (exact) mass is 314 g/mol. The Bertz CT molecular complexity index is 698. The molecule has 0 radical (unpaired) electrons. The predicted molar refractivity (Wildman–Crippen MR) is 88.9 cm³/mol. The molecule has 0 heterocycles. The average Bonchev–Trinajstić information content (AvgIpc) is 2.51. The number of para-hydroxylation sites is 1. The van der Waals surface area contributed by atoms with Crippen LogP contribution in [0.3, 0.4) is 0 Å². The molecule has 4 nitrogen and oxygen atoms in total. The van der Waals surface area contributed by atoms with Gasteiger partial charge in [-0.1, -0.05) is 29.8 Å². The second-order valence-electron chi connectivity index (χ2n) is 5.28. The molecular formula is C18H19FN2O2. The number of amides is 2. The van der Waals surface area contributed by atoms with Crippen LogP contribution in [0, 0.1) is 12.7 Å². The van der Waals surface area contributed by atoms with Gasteiger partial charge in [0.25, 0.3) is 0 Å². The van der Waals surface area contributed by atoms with Crippen LogP contribution in [0.2, 0.25) is 0 Å².